The summed E-state index contributed by atoms with van der Waals surface area (Å²) in [5, 5.41) is 14.2. The molecule has 1 aromatic heterocycles. The van der Waals surface area contributed by atoms with Crippen molar-refractivity contribution in [3.05, 3.63) is 50.4 Å². The van der Waals surface area contributed by atoms with Crippen LogP contribution in [0, 0.1) is 10.1 Å². The number of hydrogen-bond acceptors (Lipinski definition) is 4. The first kappa shape index (κ1) is 16.3. The van der Waals surface area contributed by atoms with Gasteiger partial charge in [0.15, 0.2) is 0 Å². The topological polar surface area (TPSA) is 90.1 Å². The van der Waals surface area contributed by atoms with Crippen LogP contribution in [0.15, 0.2) is 24.4 Å². The van der Waals surface area contributed by atoms with E-state index in [9.17, 15) is 14.9 Å². The monoisotopic (exact) mass is 342 g/mol. The third-order valence-corrected chi connectivity index (χ3v) is 3.59. The molecule has 2 rings (SSSR count). The molecule has 0 spiro atoms. The van der Waals surface area contributed by atoms with Crippen LogP contribution >= 0.6 is 23.2 Å². The Bertz CT molecular complexity index is 743. The maximum absolute atomic E-state index is 12.4. The van der Waals surface area contributed by atoms with Gasteiger partial charge in [0.05, 0.1) is 10.0 Å². The van der Waals surface area contributed by atoms with Crippen LogP contribution in [0.3, 0.4) is 0 Å². The number of nitrogens with zero attached hydrogens (tertiary/aromatic N) is 3. The Kier molecular flexibility index (Phi) is 4.68. The molecule has 0 radical (unpaired) electrons. The molecule has 2 aromatic rings. The van der Waals surface area contributed by atoms with Gasteiger partial charge in [0.25, 0.3) is 0 Å². The van der Waals surface area contributed by atoms with Crippen molar-refractivity contribution < 1.29 is 9.72 Å². The lowest BCUT2D eigenvalue weighted by molar-refractivity contribution is -0.390. The van der Waals surface area contributed by atoms with Crippen LogP contribution in [0.25, 0.3) is 0 Å². The highest BCUT2D eigenvalue weighted by atomic mass is 35.5. The smallest absolute Gasteiger partial charge is 0.358 e. The molecule has 1 heterocycles. The summed E-state index contributed by atoms with van der Waals surface area (Å²) in [7, 11) is 0. The number of amides is 1. The number of nitrogens with one attached hydrogen (secondary N) is 1. The van der Waals surface area contributed by atoms with Crippen molar-refractivity contribution in [1.82, 2.24) is 9.55 Å². The molecule has 0 aliphatic heterocycles. The molecular weight excluding hydrogens is 331 g/mol. The number of rotatable bonds is 3. The van der Waals surface area contributed by atoms with Gasteiger partial charge in [0.2, 0.25) is 5.82 Å². The number of imidazole rings is 1. The zero-order chi connectivity index (χ0) is 16.4. The van der Waals surface area contributed by atoms with Gasteiger partial charge in [-0.05, 0) is 23.1 Å². The second kappa shape index (κ2) is 6.33. The van der Waals surface area contributed by atoms with Crippen molar-refractivity contribution in [3.63, 3.8) is 0 Å². The summed E-state index contributed by atoms with van der Waals surface area (Å²) in [4.78, 5) is 26.7. The van der Waals surface area contributed by atoms with E-state index < -0.39 is 16.8 Å². The Morgan fingerprint density at radius 3 is 2.59 bits per heavy atom. The third kappa shape index (κ3) is 3.20. The van der Waals surface area contributed by atoms with Gasteiger partial charge in [0, 0.05) is 11.6 Å². The summed E-state index contributed by atoms with van der Waals surface area (Å²) >= 11 is 11.7. The van der Waals surface area contributed by atoms with E-state index in [2.05, 4.69) is 10.3 Å². The fourth-order valence-electron chi connectivity index (χ4n) is 1.85. The molecule has 22 heavy (non-hydrogen) atoms. The Morgan fingerprint density at radius 1 is 1.36 bits per heavy atom. The third-order valence-electron chi connectivity index (χ3n) is 2.85. The van der Waals surface area contributed by atoms with Crippen LogP contribution in [0.4, 0.5) is 16.3 Å². The van der Waals surface area contributed by atoms with Crippen molar-refractivity contribution in [2.75, 3.05) is 5.32 Å². The quantitative estimate of drug-likeness (QED) is 0.664. The fraction of sp³-hybridized carbons (Fsp3) is 0.231. The summed E-state index contributed by atoms with van der Waals surface area (Å²) in [5.41, 5.74) is 0.372. The van der Waals surface area contributed by atoms with Crippen LogP contribution in [0.1, 0.15) is 25.6 Å². The molecule has 0 unspecified atom stereocenters. The molecule has 0 saturated carbocycles. The maximum Gasteiger partial charge on any atom is 0.419 e. The van der Waals surface area contributed by atoms with Crippen molar-refractivity contribution in [3.8, 4) is 0 Å². The van der Waals surface area contributed by atoms with Crippen molar-refractivity contribution >= 4 is 40.7 Å². The lowest BCUT2D eigenvalue weighted by Gasteiger charge is -2.08. The minimum Gasteiger partial charge on any atom is -0.358 e. The number of anilines is 1. The molecule has 9 heteroatoms. The predicted molar refractivity (Wildman–Crippen MR) is 83.8 cm³/mol. The van der Waals surface area contributed by atoms with Crippen LogP contribution < -0.4 is 5.32 Å². The van der Waals surface area contributed by atoms with E-state index in [1.165, 1.54) is 12.1 Å². The molecule has 116 valence electrons. The second-order valence-corrected chi connectivity index (χ2v) is 5.60. The first-order chi connectivity index (χ1) is 10.3. The summed E-state index contributed by atoms with van der Waals surface area (Å²) in [6, 6.07) is 3.83. The molecule has 1 N–H and O–H groups in total. The first-order valence-corrected chi connectivity index (χ1v) is 7.05. The van der Waals surface area contributed by atoms with Gasteiger partial charge in [0.1, 0.15) is 6.20 Å². The molecule has 1 amide bonds. The zero-order valence-corrected chi connectivity index (χ0v) is 13.2. The number of benzene rings is 1. The van der Waals surface area contributed by atoms with Gasteiger partial charge in [-0.2, -0.15) is 0 Å². The molecule has 7 nitrogen and oxygen atoms in total. The fourth-order valence-corrected chi connectivity index (χ4v) is 2.15. The highest BCUT2D eigenvalue weighted by Gasteiger charge is 2.28. The Hall–Kier alpha value is -2.12. The minimum absolute atomic E-state index is 0.159. The number of carbonyl (C=O) groups is 1. The van der Waals surface area contributed by atoms with E-state index in [1.807, 2.05) is 0 Å². The van der Waals surface area contributed by atoms with Crippen molar-refractivity contribution in [1.29, 1.82) is 0 Å². The second-order valence-electron chi connectivity index (χ2n) is 4.78. The molecule has 0 aliphatic carbocycles. The van der Waals surface area contributed by atoms with Gasteiger partial charge in [-0.1, -0.05) is 37.0 Å². The number of hydrogen-bond donors (Lipinski definition) is 1. The number of carbonyl (C=O) groups excluding carboxylic acids is 1. The van der Waals surface area contributed by atoms with Gasteiger partial charge in [-0.3, -0.25) is 5.32 Å². The largest absolute Gasteiger partial charge is 0.419 e. The zero-order valence-electron chi connectivity index (χ0n) is 11.7. The lowest BCUT2D eigenvalue weighted by Crippen LogP contribution is -2.23. The Morgan fingerprint density at radius 2 is 2.05 bits per heavy atom. The van der Waals surface area contributed by atoms with Crippen molar-refractivity contribution in [2.24, 2.45) is 0 Å². The van der Waals surface area contributed by atoms with Gasteiger partial charge in [-0.15, -0.1) is 4.57 Å². The van der Waals surface area contributed by atoms with E-state index in [4.69, 9.17) is 23.2 Å². The summed E-state index contributed by atoms with van der Waals surface area (Å²) in [5.74, 6) is -0.265. The van der Waals surface area contributed by atoms with Crippen LogP contribution in [0.5, 0.6) is 0 Å². The Balaban J connectivity index is 2.38. The highest BCUT2D eigenvalue weighted by molar-refractivity contribution is 6.42. The SMILES string of the molecule is CC(C)c1ncc([N+](=O)[O-])n1C(=O)Nc1ccc(Cl)c(Cl)c1. The maximum atomic E-state index is 12.4. The van der Waals surface area contributed by atoms with Gasteiger partial charge >= 0.3 is 11.8 Å². The molecule has 0 bridgehead atoms. The van der Waals surface area contributed by atoms with E-state index in [0.29, 0.717) is 16.5 Å². The lowest BCUT2D eigenvalue weighted by atomic mass is 10.2. The number of halogens is 2. The Labute approximate surface area is 136 Å². The van der Waals surface area contributed by atoms with Crippen LogP contribution in [-0.4, -0.2) is 20.5 Å². The summed E-state index contributed by atoms with van der Waals surface area (Å²) in [6.07, 6.45) is 1.06. The van der Waals surface area contributed by atoms with Crippen molar-refractivity contribution in [2.45, 2.75) is 19.8 Å². The normalized spacial score (nSPS) is 10.8. The van der Waals surface area contributed by atoms with Crippen LogP contribution in [0.2, 0.25) is 10.0 Å². The highest BCUT2D eigenvalue weighted by Crippen LogP contribution is 2.26. The number of nitro groups is 1. The predicted octanol–water partition coefficient (Wildman–Crippen LogP) is 4.30. The van der Waals surface area contributed by atoms with E-state index in [0.717, 1.165) is 10.8 Å². The molecule has 0 aliphatic rings. The molecule has 0 fully saturated rings. The van der Waals surface area contributed by atoms with E-state index in [1.54, 1.807) is 19.9 Å². The van der Waals surface area contributed by atoms with E-state index >= 15 is 0 Å². The van der Waals surface area contributed by atoms with Gasteiger partial charge in [-0.25, -0.2) is 9.78 Å². The number of aromatic nitrogens is 2. The average Bonchev–Trinajstić information content (AvgIpc) is 2.88. The summed E-state index contributed by atoms with van der Waals surface area (Å²) < 4.78 is 0.938. The summed E-state index contributed by atoms with van der Waals surface area (Å²) in [6.45, 7) is 3.57. The minimum atomic E-state index is -0.689. The van der Waals surface area contributed by atoms with E-state index in [-0.39, 0.29) is 10.9 Å². The molecule has 0 saturated heterocycles. The standard InChI is InChI=1S/C13H12Cl2N4O3/c1-7(2)12-16-6-11(19(21)22)18(12)13(20)17-8-3-4-9(14)10(15)5-8/h3-7H,1-2H3,(H,17,20). The molecule has 0 atom stereocenters. The first-order valence-electron chi connectivity index (χ1n) is 6.29. The average molecular weight is 343 g/mol. The molecular formula is C13H12Cl2N4O3. The molecule has 1 aromatic carbocycles. The van der Waals surface area contributed by atoms with Gasteiger partial charge < -0.3 is 10.1 Å². The van der Waals surface area contributed by atoms with Crippen LogP contribution in [-0.2, 0) is 0 Å².